The Hall–Kier alpha value is -0.840. The number of benzene rings is 2. The van der Waals surface area contributed by atoms with Gasteiger partial charge in [-0.2, -0.15) is 0 Å². The van der Waals surface area contributed by atoms with E-state index in [0.717, 1.165) is 13.1 Å². The lowest BCUT2D eigenvalue weighted by Gasteiger charge is -2.09. The van der Waals surface area contributed by atoms with Crippen LogP contribution in [0.15, 0.2) is 36.4 Å². The van der Waals surface area contributed by atoms with Gasteiger partial charge < -0.3 is 14.8 Å². The summed E-state index contributed by atoms with van der Waals surface area (Å²) in [5.41, 5.74) is 0. The van der Waals surface area contributed by atoms with Crippen LogP contribution in [0.1, 0.15) is 0 Å². The maximum atomic E-state index is 6.02. The molecule has 0 aliphatic heterocycles. The van der Waals surface area contributed by atoms with Crippen LogP contribution in [0.4, 0.5) is 0 Å². The van der Waals surface area contributed by atoms with Crippen molar-refractivity contribution in [3.63, 3.8) is 0 Å². The Morgan fingerprint density at radius 1 is 0.696 bits per heavy atom. The van der Waals surface area contributed by atoms with Crippen LogP contribution in [0.5, 0.6) is 11.5 Å². The first-order valence-corrected chi connectivity index (χ1v) is 8.55. The molecule has 7 heteroatoms. The SMILES string of the molecule is Clc1ccc(OCC[NH2+]CCOc2ccc(Cl)cc2Cl)c(Cl)c1. The number of ether oxygens (including phenoxy) is 2. The highest BCUT2D eigenvalue weighted by molar-refractivity contribution is 6.36. The summed E-state index contributed by atoms with van der Waals surface area (Å²) in [6, 6.07) is 10.3. The molecule has 0 radical (unpaired) electrons. The molecular formula is C16H16Cl4NO2+. The predicted octanol–water partition coefficient (Wildman–Crippen LogP) is 4.32. The molecule has 0 saturated carbocycles. The molecular weight excluding hydrogens is 380 g/mol. The van der Waals surface area contributed by atoms with Gasteiger partial charge in [0.2, 0.25) is 0 Å². The molecule has 0 fully saturated rings. The molecule has 0 aliphatic carbocycles. The van der Waals surface area contributed by atoms with Crippen molar-refractivity contribution in [2.45, 2.75) is 0 Å². The summed E-state index contributed by atoms with van der Waals surface area (Å²) < 4.78 is 11.2. The van der Waals surface area contributed by atoms with Crippen molar-refractivity contribution in [1.29, 1.82) is 0 Å². The highest BCUT2D eigenvalue weighted by Crippen LogP contribution is 2.28. The van der Waals surface area contributed by atoms with Gasteiger partial charge in [-0.15, -0.1) is 0 Å². The number of hydrogen-bond acceptors (Lipinski definition) is 2. The summed E-state index contributed by atoms with van der Waals surface area (Å²) in [7, 11) is 0. The van der Waals surface area contributed by atoms with E-state index < -0.39 is 0 Å². The van der Waals surface area contributed by atoms with Crippen LogP contribution < -0.4 is 14.8 Å². The second kappa shape index (κ2) is 9.45. The molecule has 2 rings (SSSR count). The van der Waals surface area contributed by atoms with E-state index in [1.165, 1.54) is 0 Å². The molecule has 2 aromatic carbocycles. The molecule has 0 aromatic heterocycles. The van der Waals surface area contributed by atoms with Crippen molar-refractivity contribution in [3.8, 4) is 11.5 Å². The first kappa shape index (κ1) is 18.5. The zero-order valence-electron chi connectivity index (χ0n) is 12.2. The molecule has 124 valence electrons. The Kier molecular flexibility index (Phi) is 7.60. The number of nitrogens with two attached hydrogens (primary N) is 1. The Morgan fingerprint density at radius 3 is 1.52 bits per heavy atom. The van der Waals surface area contributed by atoms with Crippen LogP contribution in [-0.4, -0.2) is 26.3 Å². The van der Waals surface area contributed by atoms with Crippen LogP contribution in [0.3, 0.4) is 0 Å². The largest absolute Gasteiger partial charge is 0.486 e. The first-order chi connectivity index (χ1) is 11.1. The van der Waals surface area contributed by atoms with Gasteiger partial charge in [-0.05, 0) is 36.4 Å². The van der Waals surface area contributed by atoms with Crippen LogP contribution in [0.2, 0.25) is 20.1 Å². The van der Waals surface area contributed by atoms with Gasteiger partial charge in [-0.1, -0.05) is 46.4 Å². The van der Waals surface area contributed by atoms with E-state index in [1.807, 2.05) is 0 Å². The van der Waals surface area contributed by atoms with Crippen LogP contribution >= 0.6 is 46.4 Å². The monoisotopic (exact) mass is 394 g/mol. The van der Waals surface area contributed by atoms with E-state index in [2.05, 4.69) is 5.32 Å². The summed E-state index contributed by atoms with van der Waals surface area (Å²) in [6.45, 7) is 2.67. The molecule has 0 heterocycles. The molecule has 3 nitrogen and oxygen atoms in total. The molecule has 2 aromatic rings. The average Bonchev–Trinajstić information content (AvgIpc) is 2.50. The second-order valence-electron chi connectivity index (χ2n) is 4.71. The summed E-state index contributed by atoms with van der Waals surface area (Å²) in [6.07, 6.45) is 0. The van der Waals surface area contributed by atoms with Crippen molar-refractivity contribution >= 4 is 46.4 Å². The van der Waals surface area contributed by atoms with E-state index in [-0.39, 0.29) is 0 Å². The molecule has 0 saturated heterocycles. The lowest BCUT2D eigenvalue weighted by molar-refractivity contribution is -0.655. The van der Waals surface area contributed by atoms with E-state index in [4.69, 9.17) is 55.9 Å². The third-order valence-corrected chi connectivity index (χ3v) is 4.01. The fraction of sp³-hybridized carbons (Fsp3) is 0.250. The van der Waals surface area contributed by atoms with Crippen LogP contribution in [0.25, 0.3) is 0 Å². The zero-order chi connectivity index (χ0) is 16.7. The van der Waals surface area contributed by atoms with E-state index in [0.29, 0.717) is 44.8 Å². The highest BCUT2D eigenvalue weighted by atomic mass is 35.5. The Balaban J connectivity index is 1.61. The highest BCUT2D eigenvalue weighted by Gasteiger charge is 2.04. The van der Waals surface area contributed by atoms with Gasteiger partial charge in [0.25, 0.3) is 0 Å². The maximum absolute atomic E-state index is 6.02. The lowest BCUT2D eigenvalue weighted by Crippen LogP contribution is -2.86. The minimum absolute atomic E-state index is 0.512. The van der Waals surface area contributed by atoms with Gasteiger partial charge in [0.05, 0.1) is 10.0 Å². The molecule has 0 aliphatic rings. The quantitative estimate of drug-likeness (QED) is 0.675. The zero-order valence-corrected chi connectivity index (χ0v) is 15.2. The number of rotatable bonds is 8. The number of quaternary nitrogens is 1. The summed E-state index contributed by atoms with van der Waals surface area (Å²) in [4.78, 5) is 0. The van der Waals surface area contributed by atoms with Crippen molar-refractivity contribution < 1.29 is 14.8 Å². The van der Waals surface area contributed by atoms with Gasteiger partial charge in [0, 0.05) is 10.0 Å². The van der Waals surface area contributed by atoms with Crippen molar-refractivity contribution in [2.24, 2.45) is 0 Å². The molecule has 2 N–H and O–H groups in total. The van der Waals surface area contributed by atoms with Crippen molar-refractivity contribution in [2.75, 3.05) is 26.3 Å². The topological polar surface area (TPSA) is 35.1 Å². The van der Waals surface area contributed by atoms with Gasteiger partial charge in [-0.25, -0.2) is 0 Å². The summed E-state index contributed by atoms with van der Waals surface area (Å²) in [5, 5.41) is 4.29. The predicted molar refractivity (Wildman–Crippen MR) is 95.6 cm³/mol. The minimum atomic E-state index is 0.512. The summed E-state index contributed by atoms with van der Waals surface area (Å²) in [5.74, 6) is 1.27. The van der Waals surface area contributed by atoms with Crippen molar-refractivity contribution in [3.05, 3.63) is 56.5 Å². The average molecular weight is 396 g/mol. The smallest absolute Gasteiger partial charge is 0.138 e. The minimum Gasteiger partial charge on any atom is -0.486 e. The Bertz CT molecular complexity index is 596. The number of halogens is 4. The number of hydrogen-bond donors (Lipinski definition) is 1. The van der Waals surface area contributed by atoms with Crippen molar-refractivity contribution in [1.82, 2.24) is 0 Å². The van der Waals surface area contributed by atoms with Crippen LogP contribution in [0, 0.1) is 0 Å². The standard InChI is InChI=1S/C16H15Cl4NO2/c17-11-1-3-15(13(19)9-11)22-7-5-21-6-8-23-16-4-2-12(18)10-14(16)20/h1-4,9-10,21H,5-8H2/p+1. The third kappa shape index (κ3) is 6.28. The Morgan fingerprint density at radius 2 is 1.13 bits per heavy atom. The lowest BCUT2D eigenvalue weighted by atomic mass is 10.3. The van der Waals surface area contributed by atoms with Crippen LogP contribution in [-0.2, 0) is 0 Å². The fourth-order valence-corrected chi connectivity index (χ4v) is 2.76. The molecule has 0 amide bonds. The van der Waals surface area contributed by atoms with Gasteiger partial charge >= 0.3 is 0 Å². The molecule has 0 spiro atoms. The van der Waals surface area contributed by atoms with Gasteiger partial charge in [0.15, 0.2) is 0 Å². The van der Waals surface area contributed by atoms with Gasteiger partial charge in [0.1, 0.15) is 37.8 Å². The van der Waals surface area contributed by atoms with Gasteiger partial charge in [-0.3, -0.25) is 0 Å². The third-order valence-electron chi connectivity index (χ3n) is 2.95. The first-order valence-electron chi connectivity index (χ1n) is 7.03. The van der Waals surface area contributed by atoms with E-state index in [9.17, 15) is 0 Å². The molecule has 0 unspecified atom stereocenters. The summed E-state index contributed by atoms with van der Waals surface area (Å²) >= 11 is 23.7. The fourth-order valence-electron chi connectivity index (χ4n) is 1.83. The maximum Gasteiger partial charge on any atom is 0.138 e. The normalized spacial score (nSPS) is 10.6. The van der Waals surface area contributed by atoms with E-state index >= 15 is 0 Å². The van der Waals surface area contributed by atoms with E-state index in [1.54, 1.807) is 36.4 Å². The Labute approximate surface area is 155 Å². The second-order valence-corrected chi connectivity index (χ2v) is 6.40. The molecule has 0 bridgehead atoms. The molecule has 0 atom stereocenters. The molecule has 23 heavy (non-hydrogen) atoms.